The van der Waals surface area contributed by atoms with Crippen LogP contribution < -0.4 is 10.6 Å². The zero-order chi connectivity index (χ0) is 19.5. The number of fused-ring (bicyclic) bond motifs is 1. The maximum absolute atomic E-state index is 12.6. The van der Waals surface area contributed by atoms with Crippen molar-refractivity contribution in [3.8, 4) is 0 Å². The van der Waals surface area contributed by atoms with Crippen LogP contribution in [0.3, 0.4) is 0 Å². The molecule has 2 N–H and O–H groups in total. The van der Waals surface area contributed by atoms with Crippen LogP contribution in [-0.2, 0) is 13.0 Å². The van der Waals surface area contributed by atoms with Crippen LogP contribution in [0.25, 0.3) is 0 Å². The van der Waals surface area contributed by atoms with Crippen LogP contribution in [-0.4, -0.2) is 38.3 Å². The van der Waals surface area contributed by atoms with E-state index in [1.807, 2.05) is 31.2 Å². The first-order chi connectivity index (χ1) is 13.6. The Bertz CT molecular complexity index is 1020. The molecule has 3 heterocycles. The molecule has 1 aliphatic rings. The number of anilines is 2. The van der Waals surface area contributed by atoms with Crippen molar-refractivity contribution in [3.63, 3.8) is 0 Å². The summed E-state index contributed by atoms with van der Waals surface area (Å²) in [5.74, 6) is -0.353. The number of carbonyl (C=O) groups excluding carboxylic acids is 2. The normalized spacial score (nSPS) is 13.0. The summed E-state index contributed by atoms with van der Waals surface area (Å²) in [6.07, 6.45) is 5.02. The summed E-state index contributed by atoms with van der Waals surface area (Å²) in [7, 11) is 0. The number of thiazole rings is 1. The number of nitrogens with one attached hydrogen (secondary N) is 2. The van der Waals surface area contributed by atoms with E-state index in [2.05, 4.69) is 25.6 Å². The molecule has 8 nitrogen and oxygen atoms in total. The van der Waals surface area contributed by atoms with E-state index in [1.54, 1.807) is 4.90 Å². The van der Waals surface area contributed by atoms with Gasteiger partial charge in [0.15, 0.2) is 5.13 Å². The lowest BCUT2D eigenvalue weighted by atomic mass is 10.2. The van der Waals surface area contributed by atoms with Gasteiger partial charge in [-0.2, -0.15) is 0 Å². The van der Waals surface area contributed by atoms with Gasteiger partial charge in [-0.3, -0.25) is 15.1 Å². The summed E-state index contributed by atoms with van der Waals surface area (Å²) in [6, 6.07) is 7.53. The molecule has 1 aromatic carbocycles. The molecule has 9 heteroatoms. The minimum Gasteiger partial charge on any atom is -0.319 e. The van der Waals surface area contributed by atoms with Gasteiger partial charge >= 0.3 is 6.03 Å². The molecule has 1 aliphatic heterocycles. The van der Waals surface area contributed by atoms with Gasteiger partial charge in [-0.15, -0.1) is 0 Å². The van der Waals surface area contributed by atoms with Crippen LogP contribution in [0.2, 0.25) is 0 Å². The van der Waals surface area contributed by atoms with E-state index in [1.165, 1.54) is 29.9 Å². The number of hydrogen-bond donors (Lipinski definition) is 2. The lowest BCUT2D eigenvalue weighted by Crippen LogP contribution is -2.38. The Morgan fingerprint density at radius 1 is 1.18 bits per heavy atom. The summed E-state index contributed by atoms with van der Waals surface area (Å²) < 4.78 is 0. The van der Waals surface area contributed by atoms with Gasteiger partial charge in [0, 0.05) is 35.9 Å². The van der Waals surface area contributed by atoms with E-state index in [-0.39, 0.29) is 17.6 Å². The molecule has 3 aromatic rings. The van der Waals surface area contributed by atoms with Gasteiger partial charge in [0.25, 0.3) is 5.91 Å². The lowest BCUT2D eigenvalue weighted by Gasteiger charge is -2.26. The Hall–Kier alpha value is -3.33. The van der Waals surface area contributed by atoms with E-state index in [0.29, 0.717) is 24.6 Å². The van der Waals surface area contributed by atoms with Crippen LogP contribution in [0.1, 0.15) is 26.6 Å². The number of aryl methyl sites for hydroxylation is 1. The predicted molar refractivity (Wildman–Crippen MR) is 106 cm³/mol. The van der Waals surface area contributed by atoms with E-state index < -0.39 is 0 Å². The largest absolute Gasteiger partial charge is 0.322 e. The number of benzene rings is 1. The molecule has 2 aromatic heterocycles. The number of aromatic nitrogens is 3. The molecule has 0 unspecified atom stereocenters. The molecule has 0 saturated heterocycles. The van der Waals surface area contributed by atoms with Crippen molar-refractivity contribution in [1.29, 1.82) is 0 Å². The fraction of sp³-hybridized carbons (Fsp3) is 0.211. The second-order valence-corrected chi connectivity index (χ2v) is 7.43. The second kappa shape index (κ2) is 7.73. The van der Waals surface area contributed by atoms with Gasteiger partial charge in [-0.05, 0) is 18.6 Å². The zero-order valence-electron chi connectivity index (χ0n) is 15.2. The third-order valence-corrected chi connectivity index (χ3v) is 5.42. The quantitative estimate of drug-likeness (QED) is 0.711. The first-order valence-corrected chi connectivity index (χ1v) is 9.59. The van der Waals surface area contributed by atoms with Crippen LogP contribution >= 0.6 is 11.3 Å². The zero-order valence-corrected chi connectivity index (χ0v) is 16.0. The molecule has 0 radical (unpaired) electrons. The number of para-hydroxylation sites is 1. The van der Waals surface area contributed by atoms with E-state index >= 15 is 0 Å². The molecular formula is C19H18N6O2S. The van der Waals surface area contributed by atoms with Gasteiger partial charge in [0.1, 0.15) is 5.69 Å². The number of nitrogens with zero attached hydrogens (tertiary/aromatic N) is 4. The summed E-state index contributed by atoms with van der Waals surface area (Å²) in [5, 5.41) is 6.21. The van der Waals surface area contributed by atoms with Crippen LogP contribution in [0, 0.1) is 6.92 Å². The van der Waals surface area contributed by atoms with Gasteiger partial charge in [0.2, 0.25) is 0 Å². The molecule has 142 valence electrons. The highest BCUT2D eigenvalue weighted by atomic mass is 32.1. The third-order valence-electron chi connectivity index (χ3n) is 4.42. The topological polar surface area (TPSA) is 100 Å². The molecule has 28 heavy (non-hydrogen) atoms. The Morgan fingerprint density at radius 3 is 2.82 bits per heavy atom. The SMILES string of the molecule is Cc1ccccc1NC(=O)N1CCc2nc(NC(=O)c3cnccn3)sc2C1. The average Bonchev–Trinajstić information content (AvgIpc) is 3.11. The minimum atomic E-state index is -0.353. The van der Waals surface area contributed by atoms with Gasteiger partial charge in [0.05, 0.1) is 18.4 Å². The molecule has 0 atom stereocenters. The maximum Gasteiger partial charge on any atom is 0.322 e. The molecule has 0 bridgehead atoms. The van der Waals surface area contributed by atoms with Crippen LogP contribution in [0.4, 0.5) is 15.6 Å². The molecule has 4 rings (SSSR count). The Morgan fingerprint density at radius 2 is 2.04 bits per heavy atom. The molecular weight excluding hydrogens is 376 g/mol. The maximum atomic E-state index is 12.6. The van der Waals surface area contributed by atoms with Crippen molar-refractivity contribution in [2.45, 2.75) is 19.9 Å². The first-order valence-electron chi connectivity index (χ1n) is 8.77. The van der Waals surface area contributed by atoms with E-state index in [9.17, 15) is 9.59 Å². The summed E-state index contributed by atoms with van der Waals surface area (Å²) >= 11 is 1.38. The molecule has 0 fully saturated rings. The lowest BCUT2D eigenvalue weighted by molar-refractivity contribution is 0.102. The summed E-state index contributed by atoms with van der Waals surface area (Å²) in [5.41, 5.74) is 2.97. The van der Waals surface area contributed by atoms with Crippen LogP contribution in [0.5, 0.6) is 0 Å². The third kappa shape index (κ3) is 3.84. The second-order valence-electron chi connectivity index (χ2n) is 6.35. The highest BCUT2D eigenvalue weighted by Crippen LogP contribution is 2.29. The fourth-order valence-corrected chi connectivity index (χ4v) is 3.93. The Balaban J connectivity index is 1.42. The number of rotatable bonds is 3. The Labute approximate surface area is 165 Å². The number of hydrogen-bond acceptors (Lipinski definition) is 6. The monoisotopic (exact) mass is 394 g/mol. The molecule has 0 spiro atoms. The number of urea groups is 1. The average molecular weight is 394 g/mol. The van der Waals surface area contributed by atoms with Crippen molar-refractivity contribution < 1.29 is 9.59 Å². The van der Waals surface area contributed by atoms with E-state index in [0.717, 1.165) is 21.8 Å². The molecule has 0 aliphatic carbocycles. The van der Waals surface area contributed by atoms with Crippen molar-refractivity contribution >= 4 is 34.1 Å². The van der Waals surface area contributed by atoms with Crippen molar-refractivity contribution in [1.82, 2.24) is 19.9 Å². The number of carbonyl (C=O) groups is 2. The number of amides is 3. The van der Waals surface area contributed by atoms with Gasteiger partial charge in [-0.25, -0.2) is 14.8 Å². The van der Waals surface area contributed by atoms with Crippen molar-refractivity contribution in [2.24, 2.45) is 0 Å². The molecule has 0 saturated carbocycles. The predicted octanol–water partition coefficient (Wildman–Crippen LogP) is 3.08. The highest BCUT2D eigenvalue weighted by Gasteiger charge is 2.25. The van der Waals surface area contributed by atoms with E-state index in [4.69, 9.17) is 0 Å². The summed E-state index contributed by atoms with van der Waals surface area (Å²) in [6.45, 7) is 3.00. The first kappa shape index (κ1) is 18.1. The van der Waals surface area contributed by atoms with Crippen molar-refractivity contribution in [3.05, 3.63) is 64.7 Å². The summed E-state index contributed by atoms with van der Waals surface area (Å²) in [4.78, 5) is 39.9. The van der Waals surface area contributed by atoms with Gasteiger partial charge in [-0.1, -0.05) is 29.5 Å². The van der Waals surface area contributed by atoms with Crippen LogP contribution in [0.15, 0.2) is 42.9 Å². The smallest absolute Gasteiger partial charge is 0.319 e. The standard InChI is InChI=1S/C19H18N6O2S/c1-12-4-2-3-5-13(12)23-19(27)25-9-6-14-16(11-25)28-18(22-14)24-17(26)15-10-20-7-8-21-15/h2-5,7-8,10H,6,9,11H2,1H3,(H,23,27)(H,22,24,26). The highest BCUT2D eigenvalue weighted by molar-refractivity contribution is 7.15. The molecule has 3 amide bonds. The van der Waals surface area contributed by atoms with Gasteiger partial charge < -0.3 is 10.2 Å². The van der Waals surface area contributed by atoms with Crippen molar-refractivity contribution in [2.75, 3.05) is 17.2 Å². The fourth-order valence-electron chi connectivity index (χ4n) is 2.91. The Kier molecular flexibility index (Phi) is 4.98. The minimum absolute atomic E-state index is 0.140.